The largest absolute Gasteiger partial charge is 0.481 e. The highest BCUT2D eigenvalue weighted by molar-refractivity contribution is 5.74. The van der Waals surface area contributed by atoms with Crippen LogP contribution < -0.4 is 0 Å². The number of hydrogen-bond acceptors (Lipinski definition) is 4. The van der Waals surface area contributed by atoms with Gasteiger partial charge in [-0.3, -0.25) is 9.69 Å². The van der Waals surface area contributed by atoms with Crippen LogP contribution in [-0.2, 0) is 16.8 Å². The summed E-state index contributed by atoms with van der Waals surface area (Å²) in [6, 6.07) is 0. The van der Waals surface area contributed by atoms with E-state index in [4.69, 9.17) is 4.42 Å². The van der Waals surface area contributed by atoms with Crippen LogP contribution in [0, 0.1) is 5.41 Å². The van der Waals surface area contributed by atoms with Crippen molar-refractivity contribution in [1.82, 2.24) is 9.88 Å². The Bertz CT molecular complexity index is 494. The van der Waals surface area contributed by atoms with Gasteiger partial charge in [0.25, 0.3) is 0 Å². The number of aromatic nitrogens is 1. The summed E-state index contributed by atoms with van der Waals surface area (Å²) in [5.41, 5.74) is -0.572. The Hall–Kier alpha value is -1.36. The number of hydrogen-bond donors (Lipinski definition) is 1. The number of nitrogens with zero attached hydrogens (tertiary/aromatic N) is 2. The first kappa shape index (κ1) is 16.0. The molecule has 1 N–H and O–H groups in total. The second kappa shape index (κ2) is 5.79. The number of carboxylic acids is 1. The fourth-order valence-corrected chi connectivity index (χ4v) is 2.78. The molecule has 2 heterocycles. The first-order valence-electron chi connectivity index (χ1n) is 7.68. The van der Waals surface area contributed by atoms with E-state index < -0.39 is 11.4 Å². The highest BCUT2D eigenvalue weighted by Gasteiger charge is 2.39. The zero-order valence-corrected chi connectivity index (χ0v) is 13.5. The number of oxazole rings is 1. The van der Waals surface area contributed by atoms with E-state index in [1.807, 2.05) is 6.92 Å². The molecule has 0 atom stereocenters. The molecule has 118 valence electrons. The molecular formula is C16H26N2O3. The van der Waals surface area contributed by atoms with E-state index in [2.05, 4.69) is 30.7 Å². The van der Waals surface area contributed by atoms with Gasteiger partial charge in [0.15, 0.2) is 0 Å². The molecule has 0 spiro atoms. The van der Waals surface area contributed by atoms with Crippen molar-refractivity contribution in [1.29, 1.82) is 0 Å². The highest BCUT2D eigenvalue weighted by Crippen LogP contribution is 2.35. The Morgan fingerprint density at radius 1 is 1.43 bits per heavy atom. The zero-order chi connectivity index (χ0) is 15.7. The Labute approximate surface area is 126 Å². The van der Waals surface area contributed by atoms with Crippen molar-refractivity contribution in [3.8, 4) is 0 Å². The molecular weight excluding hydrogens is 268 g/mol. The monoisotopic (exact) mass is 294 g/mol. The van der Waals surface area contributed by atoms with Crippen LogP contribution in [0.15, 0.2) is 10.6 Å². The van der Waals surface area contributed by atoms with Crippen molar-refractivity contribution < 1.29 is 14.3 Å². The third-order valence-electron chi connectivity index (χ3n) is 4.60. The van der Waals surface area contributed by atoms with E-state index in [1.54, 1.807) is 6.20 Å². The van der Waals surface area contributed by atoms with Crippen molar-refractivity contribution in [2.75, 3.05) is 13.1 Å². The van der Waals surface area contributed by atoms with Gasteiger partial charge in [-0.25, -0.2) is 4.98 Å². The molecule has 0 bridgehead atoms. The molecule has 0 aromatic carbocycles. The normalized spacial score (nSPS) is 19.6. The molecule has 1 aliphatic rings. The number of carbonyl (C=O) groups is 1. The van der Waals surface area contributed by atoms with Crippen molar-refractivity contribution >= 4 is 5.97 Å². The maximum absolute atomic E-state index is 11.4. The van der Waals surface area contributed by atoms with Gasteiger partial charge in [0.1, 0.15) is 5.76 Å². The van der Waals surface area contributed by atoms with Gasteiger partial charge in [0, 0.05) is 5.41 Å². The Morgan fingerprint density at radius 2 is 2.05 bits per heavy atom. The lowest BCUT2D eigenvalue weighted by molar-refractivity contribution is -0.152. The lowest BCUT2D eigenvalue weighted by atomic mass is 9.76. The highest BCUT2D eigenvalue weighted by atomic mass is 16.4. The maximum Gasteiger partial charge on any atom is 0.309 e. The number of carboxylic acid groups (broad SMARTS) is 1. The van der Waals surface area contributed by atoms with E-state index in [0.717, 1.165) is 24.7 Å². The third-order valence-corrected chi connectivity index (χ3v) is 4.60. The topological polar surface area (TPSA) is 66.6 Å². The van der Waals surface area contributed by atoms with Crippen LogP contribution in [0.2, 0.25) is 0 Å². The van der Waals surface area contributed by atoms with Crippen LogP contribution >= 0.6 is 0 Å². The predicted octanol–water partition coefficient (Wildman–Crippen LogP) is 3.05. The van der Waals surface area contributed by atoms with E-state index in [-0.39, 0.29) is 5.41 Å². The van der Waals surface area contributed by atoms with Gasteiger partial charge in [0.2, 0.25) is 5.89 Å². The van der Waals surface area contributed by atoms with Crippen LogP contribution in [0.1, 0.15) is 58.6 Å². The van der Waals surface area contributed by atoms with E-state index in [1.165, 1.54) is 0 Å². The third kappa shape index (κ3) is 3.46. The van der Waals surface area contributed by atoms with Crippen LogP contribution in [0.3, 0.4) is 0 Å². The predicted molar refractivity (Wildman–Crippen MR) is 80.1 cm³/mol. The van der Waals surface area contributed by atoms with Crippen LogP contribution in [-0.4, -0.2) is 34.0 Å². The summed E-state index contributed by atoms with van der Waals surface area (Å²) in [4.78, 5) is 18.0. The molecule has 21 heavy (non-hydrogen) atoms. The van der Waals surface area contributed by atoms with Gasteiger partial charge in [-0.2, -0.15) is 0 Å². The standard InChI is InChI=1S/C16H26N2O3/c1-5-16(14(19)20)6-8-18(9-7-16)11-13-17-10-12(21-13)15(2,3)4/h10H,5-9,11H2,1-4H3,(H,19,20). The number of aliphatic carboxylic acids is 1. The lowest BCUT2D eigenvalue weighted by Gasteiger charge is -2.37. The first-order chi connectivity index (χ1) is 9.77. The summed E-state index contributed by atoms with van der Waals surface area (Å²) < 4.78 is 5.81. The fourth-order valence-electron chi connectivity index (χ4n) is 2.78. The van der Waals surface area contributed by atoms with Crippen molar-refractivity contribution in [3.05, 3.63) is 17.8 Å². The van der Waals surface area contributed by atoms with Gasteiger partial charge >= 0.3 is 5.97 Å². The average Bonchev–Trinajstić information content (AvgIpc) is 2.88. The minimum atomic E-state index is -0.657. The molecule has 1 fully saturated rings. The summed E-state index contributed by atoms with van der Waals surface area (Å²) in [6.45, 7) is 10.5. The SMILES string of the molecule is CCC1(C(=O)O)CCN(Cc2ncc(C(C)(C)C)o2)CC1. The van der Waals surface area contributed by atoms with Gasteiger partial charge in [-0.05, 0) is 32.4 Å². The summed E-state index contributed by atoms with van der Waals surface area (Å²) in [5.74, 6) is 0.956. The van der Waals surface area contributed by atoms with Gasteiger partial charge in [0.05, 0.1) is 18.2 Å². The number of rotatable bonds is 4. The fraction of sp³-hybridized carbons (Fsp3) is 0.750. The number of likely N-dealkylation sites (tertiary alicyclic amines) is 1. The molecule has 0 amide bonds. The lowest BCUT2D eigenvalue weighted by Crippen LogP contribution is -2.43. The second-order valence-electron chi connectivity index (χ2n) is 7.08. The van der Waals surface area contributed by atoms with Gasteiger partial charge in [-0.1, -0.05) is 27.7 Å². The van der Waals surface area contributed by atoms with Crippen molar-refractivity contribution in [2.45, 2.75) is 58.9 Å². The molecule has 0 radical (unpaired) electrons. The Kier molecular flexibility index (Phi) is 4.42. The van der Waals surface area contributed by atoms with Crippen LogP contribution in [0.5, 0.6) is 0 Å². The molecule has 0 aliphatic carbocycles. The first-order valence-corrected chi connectivity index (χ1v) is 7.68. The van der Waals surface area contributed by atoms with Crippen LogP contribution in [0.4, 0.5) is 0 Å². The minimum absolute atomic E-state index is 0.0339. The molecule has 0 unspecified atom stereocenters. The summed E-state index contributed by atoms with van der Waals surface area (Å²) >= 11 is 0. The van der Waals surface area contributed by atoms with E-state index in [0.29, 0.717) is 25.8 Å². The summed E-state index contributed by atoms with van der Waals surface area (Å²) in [5, 5.41) is 9.41. The van der Waals surface area contributed by atoms with Crippen molar-refractivity contribution in [3.63, 3.8) is 0 Å². The Morgan fingerprint density at radius 3 is 2.48 bits per heavy atom. The molecule has 5 heteroatoms. The smallest absolute Gasteiger partial charge is 0.309 e. The maximum atomic E-state index is 11.4. The summed E-state index contributed by atoms with van der Waals surface area (Å²) in [6.07, 6.45) is 3.90. The van der Waals surface area contributed by atoms with E-state index in [9.17, 15) is 9.90 Å². The molecule has 5 nitrogen and oxygen atoms in total. The Balaban J connectivity index is 1.95. The molecule has 2 rings (SSSR count). The van der Waals surface area contributed by atoms with Crippen molar-refractivity contribution in [2.24, 2.45) is 5.41 Å². The number of piperidine rings is 1. The molecule has 1 saturated heterocycles. The molecule has 1 aliphatic heterocycles. The zero-order valence-electron chi connectivity index (χ0n) is 13.5. The molecule has 1 aromatic heterocycles. The minimum Gasteiger partial charge on any atom is -0.481 e. The second-order valence-corrected chi connectivity index (χ2v) is 7.08. The average molecular weight is 294 g/mol. The molecule has 0 saturated carbocycles. The van der Waals surface area contributed by atoms with Gasteiger partial charge < -0.3 is 9.52 Å². The summed E-state index contributed by atoms with van der Waals surface area (Å²) in [7, 11) is 0. The van der Waals surface area contributed by atoms with Gasteiger partial charge in [-0.15, -0.1) is 0 Å². The quantitative estimate of drug-likeness (QED) is 0.924. The van der Waals surface area contributed by atoms with E-state index >= 15 is 0 Å². The molecule has 1 aromatic rings. The van der Waals surface area contributed by atoms with Crippen LogP contribution in [0.25, 0.3) is 0 Å².